The Labute approximate surface area is 217 Å². The molecule has 0 aliphatic carbocycles. The summed E-state index contributed by atoms with van der Waals surface area (Å²) in [6.45, 7) is 5.98. The largest absolute Gasteiger partial charge is 0.462 e. The Hall–Kier alpha value is -3.00. The molecule has 0 unspecified atom stereocenters. The third-order valence-corrected chi connectivity index (χ3v) is 7.26. The summed E-state index contributed by atoms with van der Waals surface area (Å²) in [6.07, 6.45) is 1.73. The lowest BCUT2D eigenvalue weighted by molar-refractivity contribution is -0.123. The van der Waals surface area contributed by atoms with Crippen LogP contribution in [0.25, 0.3) is 11.8 Å². The molecule has 1 fully saturated rings. The van der Waals surface area contributed by atoms with Crippen LogP contribution < -0.4 is 0 Å². The van der Waals surface area contributed by atoms with Crippen LogP contribution in [0.5, 0.6) is 0 Å². The number of benzene rings is 2. The zero-order chi connectivity index (χ0) is 25.3. The first-order chi connectivity index (χ1) is 16.7. The first kappa shape index (κ1) is 25.1. The number of amides is 2. The number of hydrogen-bond acceptors (Lipinski definition) is 5. The van der Waals surface area contributed by atoms with E-state index in [4.69, 9.17) is 27.9 Å². The molecule has 35 heavy (non-hydrogen) atoms. The zero-order valence-corrected chi connectivity index (χ0v) is 21.6. The molecule has 0 radical (unpaired) electrons. The van der Waals surface area contributed by atoms with Crippen molar-refractivity contribution in [2.24, 2.45) is 0 Å². The van der Waals surface area contributed by atoms with Crippen molar-refractivity contribution in [3.05, 3.63) is 91.6 Å². The molecule has 1 aromatic heterocycles. The Morgan fingerprint density at radius 3 is 2.34 bits per heavy atom. The predicted octanol–water partition coefficient (Wildman–Crippen LogP) is 6.81. The van der Waals surface area contributed by atoms with Gasteiger partial charge in [0, 0.05) is 32.7 Å². The van der Waals surface area contributed by atoms with Gasteiger partial charge < -0.3 is 9.30 Å². The summed E-state index contributed by atoms with van der Waals surface area (Å²) in [7, 11) is 0. The zero-order valence-electron chi connectivity index (χ0n) is 19.3. The van der Waals surface area contributed by atoms with E-state index < -0.39 is 0 Å². The van der Waals surface area contributed by atoms with Gasteiger partial charge in [-0.25, -0.2) is 4.79 Å². The van der Waals surface area contributed by atoms with Crippen molar-refractivity contribution in [1.29, 1.82) is 0 Å². The van der Waals surface area contributed by atoms with Gasteiger partial charge in [0.15, 0.2) is 0 Å². The smallest absolute Gasteiger partial charge is 0.338 e. The lowest BCUT2D eigenvalue weighted by Gasteiger charge is -2.14. The average molecular weight is 529 g/mol. The number of rotatable bonds is 6. The molecular weight excluding hydrogens is 507 g/mol. The van der Waals surface area contributed by atoms with Crippen molar-refractivity contribution >= 4 is 58.2 Å². The van der Waals surface area contributed by atoms with Gasteiger partial charge in [-0.05, 0) is 86.6 Å². The quantitative estimate of drug-likeness (QED) is 0.259. The molecule has 0 spiro atoms. The Balaban J connectivity index is 1.60. The molecule has 1 aliphatic rings. The molecule has 2 heterocycles. The second-order valence-corrected chi connectivity index (χ2v) is 9.70. The molecule has 0 saturated carbocycles. The van der Waals surface area contributed by atoms with Crippen molar-refractivity contribution < 1.29 is 19.1 Å². The van der Waals surface area contributed by atoms with E-state index in [2.05, 4.69) is 0 Å². The van der Waals surface area contributed by atoms with Gasteiger partial charge in [0.2, 0.25) is 0 Å². The third kappa shape index (κ3) is 5.03. The number of ether oxygens (including phenoxy) is 1. The highest BCUT2D eigenvalue weighted by molar-refractivity contribution is 8.18. The number of aryl methyl sites for hydroxylation is 1. The number of nitrogens with zero attached hydrogens (tertiary/aromatic N) is 2. The topological polar surface area (TPSA) is 68.6 Å². The number of carbonyl (C=O) groups excluding carboxylic acids is 3. The van der Waals surface area contributed by atoms with Crippen LogP contribution in [0, 0.1) is 13.8 Å². The molecule has 180 valence electrons. The van der Waals surface area contributed by atoms with Crippen LogP contribution in [0.4, 0.5) is 4.79 Å². The second-order valence-electron chi connectivity index (χ2n) is 7.90. The molecule has 0 atom stereocenters. The van der Waals surface area contributed by atoms with Crippen molar-refractivity contribution in [2.75, 3.05) is 6.61 Å². The minimum atomic E-state index is -0.389. The highest BCUT2D eigenvalue weighted by Crippen LogP contribution is 2.36. The minimum absolute atomic E-state index is 0.00630. The van der Waals surface area contributed by atoms with Crippen molar-refractivity contribution in [2.45, 2.75) is 27.3 Å². The summed E-state index contributed by atoms with van der Waals surface area (Å²) >= 11 is 13.3. The van der Waals surface area contributed by atoms with Gasteiger partial charge in [-0.15, -0.1) is 0 Å². The average Bonchev–Trinajstić information content (AvgIpc) is 3.25. The molecule has 6 nitrogen and oxygen atoms in total. The van der Waals surface area contributed by atoms with Crippen LogP contribution in [-0.4, -0.2) is 33.2 Å². The Morgan fingerprint density at radius 1 is 1.06 bits per heavy atom. The highest BCUT2D eigenvalue weighted by Gasteiger charge is 2.36. The minimum Gasteiger partial charge on any atom is -0.462 e. The molecule has 0 bridgehead atoms. The van der Waals surface area contributed by atoms with Crippen LogP contribution >= 0.6 is 35.0 Å². The van der Waals surface area contributed by atoms with Gasteiger partial charge >= 0.3 is 5.97 Å². The number of aromatic nitrogens is 1. The van der Waals surface area contributed by atoms with Crippen molar-refractivity contribution in [3.63, 3.8) is 0 Å². The van der Waals surface area contributed by atoms with Crippen LogP contribution in [0.1, 0.15) is 39.8 Å². The summed E-state index contributed by atoms with van der Waals surface area (Å²) in [4.78, 5) is 39.1. The van der Waals surface area contributed by atoms with Gasteiger partial charge in [0.1, 0.15) is 0 Å². The lowest BCUT2D eigenvalue weighted by Crippen LogP contribution is -2.27. The molecule has 4 rings (SSSR count). The summed E-state index contributed by atoms with van der Waals surface area (Å²) in [6, 6.07) is 14.1. The third-order valence-electron chi connectivity index (χ3n) is 5.65. The maximum atomic E-state index is 13.1. The number of thioether (sulfide) groups is 1. The molecule has 9 heteroatoms. The lowest BCUT2D eigenvalue weighted by atomic mass is 10.2. The maximum Gasteiger partial charge on any atom is 0.338 e. The van der Waals surface area contributed by atoms with Gasteiger partial charge in [-0.2, -0.15) is 0 Å². The van der Waals surface area contributed by atoms with Crippen LogP contribution in [-0.2, 0) is 16.1 Å². The number of carbonyl (C=O) groups is 3. The molecule has 2 amide bonds. The number of halogens is 2. The Kier molecular flexibility index (Phi) is 7.40. The summed E-state index contributed by atoms with van der Waals surface area (Å²) in [5.41, 5.74) is 4.54. The molecule has 2 aromatic carbocycles. The molecular formula is C26H22Cl2N2O4S. The number of esters is 1. The number of hydrogen-bond donors (Lipinski definition) is 0. The second kappa shape index (κ2) is 10.3. The van der Waals surface area contributed by atoms with Crippen molar-refractivity contribution in [1.82, 2.24) is 9.47 Å². The summed E-state index contributed by atoms with van der Waals surface area (Å²) in [5, 5.41) is 0.427. The van der Waals surface area contributed by atoms with E-state index >= 15 is 0 Å². The van der Waals surface area contributed by atoms with E-state index in [0.717, 1.165) is 39.3 Å². The molecule has 0 N–H and O–H groups in total. The predicted molar refractivity (Wildman–Crippen MR) is 139 cm³/mol. The fourth-order valence-electron chi connectivity index (χ4n) is 3.91. The monoisotopic (exact) mass is 528 g/mol. The fourth-order valence-corrected chi connectivity index (χ4v) is 5.26. The number of imide groups is 1. The van der Waals surface area contributed by atoms with Gasteiger partial charge in [-0.3, -0.25) is 14.5 Å². The van der Waals surface area contributed by atoms with E-state index in [1.165, 1.54) is 0 Å². The standard InChI is InChI=1S/C26H22Cl2N2O4S/c1-4-34-25(32)17-8-10-19(11-9-17)30-15(2)12-18(16(30)3)13-23-24(31)29(26(33)35-23)14-20-21(27)6-5-7-22(20)28/h5-13H,4,14H2,1-3H3/b23-13-. The SMILES string of the molecule is CCOC(=O)c1ccc(-n2c(C)cc(/C=C3\SC(=O)N(Cc4c(Cl)cccc4Cl)C3=O)c2C)cc1. The van der Waals surface area contributed by atoms with Crippen LogP contribution in [0.15, 0.2) is 53.4 Å². The van der Waals surface area contributed by atoms with Gasteiger partial charge in [-0.1, -0.05) is 29.3 Å². The van der Waals surface area contributed by atoms with E-state index in [-0.39, 0.29) is 23.7 Å². The van der Waals surface area contributed by atoms with E-state index in [9.17, 15) is 14.4 Å². The first-order valence-corrected chi connectivity index (χ1v) is 12.4. The highest BCUT2D eigenvalue weighted by atomic mass is 35.5. The van der Waals surface area contributed by atoms with Crippen LogP contribution in [0.2, 0.25) is 10.0 Å². The summed E-state index contributed by atoms with van der Waals surface area (Å²) in [5.74, 6) is -0.755. The normalized spacial score (nSPS) is 14.8. The first-order valence-electron chi connectivity index (χ1n) is 10.9. The molecule has 1 aliphatic heterocycles. The van der Waals surface area contributed by atoms with Gasteiger partial charge in [0.25, 0.3) is 11.1 Å². The Bertz CT molecular complexity index is 1340. The van der Waals surface area contributed by atoms with E-state index in [0.29, 0.717) is 32.7 Å². The van der Waals surface area contributed by atoms with Crippen LogP contribution in [0.3, 0.4) is 0 Å². The fraction of sp³-hybridized carbons (Fsp3) is 0.192. The van der Waals surface area contributed by atoms with Gasteiger partial charge in [0.05, 0.1) is 23.6 Å². The molecule has 3 aromatic rings. The Morgan fingerprint density at radius 2 is 1.71 bits per heavy atom. The molecule has 1 saturated heterocycles. The van der Waals surface area contributed by atoms with E-state index in [1.807, 2.05) is 36.6 Å². The maximum absolute atomic E-state index is 13.1. The summed E-state index contributed by atoms with van der Waals surface area (Å²) < 4.78 is 7.07. The van der Waals surface area contributed by atoms with Crippen molar-refractivity contribution in [3.8, 4) is 5.69 Å². The van der Waals surface area contributed by atoms with E-state index in [1.54, 1.807) is 43.3 Å².